The second-order valence-electron chi connectivity index (χ2n) is 5.22. The maximum Gasteiger partial charge on any atom is 0.373 e. The number of ether oxygens (including phenoxy) is 1. The summed E-state index contributed by atoms with van der Waals surface area (Å²) in [6.07, 6.45) is 0. The van der Waals surface area contributed by atoms with Gasteiger partial charge in [0, 0.05) is 17.5 Å². The van der Waals surface area contributed by atoms with Crippen LogP contribution in [0.3, 0.4) is 0 Å². The molecule has 2 aromatic heterocycles. The summed E-state index contributed by atoms with van der Waals surface area (Å²) < 4.78 is 10.3. The normalized spacial score (nSPS) is 12.9. The smallest absolute Gasteiger partial charge is 0.373 e. The third-order valence-electron chi connectivity index (χ3n) is 3.50. The van der Waals surface area contributed by atoms with E-state index in [1.54, 1.807) is 17.4 Å². The van der Waals surface area contributed by atoms with E-state index in [9.17, 15) is 4.79 Å². The third-order valence-corrected chi connectivity index (χ3v) is 4.37. The van der Waals surface area contributed by atoms with E-state index in [-0.39, 0.29) is 11.8 Å². The van der Waals surface area contributed by atoms with Gasteiger partial charge in [0.25, 0.3) is 0 Å². The molecule has 2 aromatic rings. The molecular weight excluding hydrogens is 286 g/mol. The predicted octanol–water partition coefficient (Wildman–Crippen LogP) is 4.10. The summed E-state index contributed by atoms with van der Waals surface area (Å²) in [6.45, 7) is 7.28. The first-order valence-electron chi connectivity index (χ1n) is 6.99. The highest BCUT2D eigenvalue weighted by Gasteiger charge is 2.23. The Hall–Kier alpha value is -1.59. The number of rotatable bonds is 6. The van der Waals surface area contributed by atoms with Gasteiger partial charge in [-0.3, -0.25) is 4.90 Å². The van der Waals surface area contributed by atoms with Crippen LogP contribution in [-0.4, -0.2) is 24.0 Å². The van der Waals surface area contributed by atoms with Crippen molar-refractivity contribution < 1.29 is 13.9 Å². The van der Waals surface area contributed by atoms with Crippen LogP contribution < -0.4 is 0 Å². The van der Waals surface area contributed by atoms with Crippen LogP contribution in [0.25, 0.3) is 0 Å². The fraction of sp³-hybridized carbons (Fsp3) is 0.438. The molecule has 0 bridgehead atoms. The second-order valence-corrected chi connectivity index (χ2v) is 6.25. The second kappa shape index (κ2) is 6.91. The van der Waals surface area contributed by atoms with E-state index < -0.39 is 5.97 Å². The first-order chi connectivity index (χ1) is 10.0. The molecule has 0 saturated heterocycles. The highest BCUT2D eigenvalue weighted by Crippen LogP contribution is 2.27. The van der Waals surface area contributed by atoms with E-state index in [0.29, 0.717) is 6.04 Å². The van der Waals surface area contributed by atoms with Crippen LogP contribution >= 0.6 is 11.3 Å². The highest BCUT2D eigenvalue weighted by atomic mass is 32.1. The molecule has 0 amide bonds. The van der Waals surface area contributed by atoms with Gasteiger partial charge in [-0.05, 0) is 44.4 Å². The molecule has 0 aromatic carbocycles. The lowest BCUT2D eigenvalue weighted by atomic mass is 10.1. The van der Waals surface area contributed by atoms with Crippen molar-refractivity contribution in [2.45, 2.75) is 39.4 Å². The average molecular weight is 307 g/mol. The van der Waals surface area contributed by atoms with Gasteiger partial charge in [-0.15, -0.1) is 11.3 Å². The third kappa shape index (κ3) is 3.74. The molecular formula is C16H21NO3S. The maximum atomic E-state index is 11.5. The number of hydrogen-bond acceptors (Lipinski definition) is 5. The van der Waals surface area contributed by atoms with Crippen LogP contribution in [0.1, 0.15) is 48.0 Å². The number of thiophene rings is 1. The first-order valence-corrected chi connectivity index (χ1v) is 7.87. The van der Waals surface area contributed by atoms with E-state index >= 15 is 0 Å². The topological polar surface area (TPSA) is 42.7 Å². The Bertz CT molecular complexity index is 574. The van der Waals surface area contributed by atoms with Crippen molar-refractivity contribution in [1.82, 2.24) is 4.90 Å². The molecule has 114 valence electrons. The van der Waals surface area contributed by atoms with Gasteiger partial charge in [0.15, 0.2) is 0 Å². The van der Waals surface area contributed by atoms with Crippen molar-refractivity contribution in [3.05, 3.63) is 46.0 Å². The molecule has 0 aliphatic rings. The molecule has 0 aliphatic heterocycles. The van der Waals surface area contributed by atoms with E-state index in [4.69, 9.17) is 4.42 Å². The number of hydrogen-bond donors (Lipinski definition) is 0. The quantitative estimate of drug-likeness (QED) is 0.754. The molecule has 0 N–H and O–H groups in total. The maximum absolute atomic E-state index is 11.5. The van der Waals surface area contributed by atoms with Gasteiger partial charge < -0.3 is 9.15 Å². The van der Waals surface area contributed by atoms with Crippen molar-refractivity contribution in [2.75, 3.05) is 7.11 Å². The molecule has 1 unspecified atom stereocenters. The minimum Gasteiger partial charge on any atom is -0.463 e. The minimum absolute atomic E-state index is 0.0884. The molecule has 4 nitrogen and oxygen atoms in total. The van der Waals surface area contributed by atoms with Crippen molar-refractivity contribution >= 4 is 17.3 Å². The fourth-order valence-electron chi connectivity index (χ4n) is 2.30. The van der Waals surface area contributed by atoms with Gasteiger partial charge in [-0.25, -0.2) is 4.79 Å². The lowest BCUT2D eigenvalue weighted by molar-refractivity contribution is 0.0556. The Morgan fingerprint density at radius 1 is 1.33 bits per heavy atom. The number of esters is 1. The van der Waals surface area contributed by atoms with Crippen LogP contribution in [0.2, 0.25) is 0 Å². The predicted molar refractivity (Wildman–Crippen MR) is 83.5 cm³/mol. The molecule has 0 saturated carbocycles. The highest BCUT2D eigenvalue weighted by molar-refractivity contribution is 7.09. The monoisotopic (exact) mass is 307 g/mol. The molecule has 2 rings (SSSR count). The van der Waals surface area contributed by atoms with Gasteiger partial charge in [0.05, 0.1) is 13.2 Å². The molecule has 1 atom stereocenters. The minimum atomic E-state index is -0.442. The van der Waals surface area contributed by atoms with Gasteiger partial charge in [-0.2, -0.15) is 0 Å². The fourth-order valence-corrected chi connectivity index (χ4v) is 3.01. The van der Waals surface area contributed by atoms with Gasteiger partial charge in [0.2, 0.25) is 5.76 Å². The summed E-state index contributed by atoms with van der Waals surface area (Å²) >= 11 is 1.75. The van der Waals surface area contributed by atoms with Crippen molar-refractivity contribution in [1.29, 1.82) is 0 Å². The lowest BCUT2D eigenvalue weighted by Crippen LogP contribution is -2.32. The summed E-state index contributed by atoms with van der Waals surface area (Å²) in [7, 11) is 1.35. The molecule has 0 fully saturated rings. The van der Waals surface area contributed by atoms with E-state index in [2.05, 4.69) is 47.9 Å². The van der Waals surface area contributed by atoms with Crippen molar-refractivity contribution in [3.63, 3.8) is 0 Å². The zero-order chi connectivity index (χ0) is 15.4. The zero-order valence-electron chi connectivity index (χ0n) is 12.8. The zero-order valence-corrected chi connectivity index (χ0v) is 13.6. The summed E-state index contributed by atoms with van der Waals surface area (Å²) in [6, 6.07) is 8.17. The number of carbonyl (C=O) groups is 1. The van der Waals surface area contributed by atoms with Gasteiger partial charge in [-0.1, -0.05) is 6.07 Å². The molecule has 0 spiro atoms. The number of nitrogens with zero attached hydrogens (tertiary/aromatic N) is 1. The van der Waals surface area contributed by atoms with E-state index in [0.717, 1.165) is 12.3 Å². The number of methoxy groups -OCH3 is 1. The molecule has 5 heteroatoms. The average Bonchev–Trinajstić information content (AvgIpc) is 3.14. The van der Waals surface area contributed by atoms with Crippen molar-refractivity contribution in [2.24, 2.45) is 0 Å². The number of furan rings is 1. The largest absolute Gasteiger partial charge is 0.463 e. The Morgan fingerprint density at radius 2 is 2.10 bits per heavy atom. The molecule has 0 radical (unpaired) electrons. The number of carbonyl (C=O) groups excluding carboxylic acids is 1. The Labute approximate surface area is 129 Å². The Balaban J connectivity index is 2.16. The Kier molecular flexibility index (Phi) is 5.20. The van der Waals surface area contributed by atoms with Crippen LogP contribution in [0.5, 0.6) is 0 Å². The van der Waals surface area contributed by atoms with Crippen LogP contribution in [0.4, 0.5) is 0 Å². The Morgan fingerprint density at radius 3 is 2.67 bits per heavy atom. The van der Waals surface area contributed by atoms with E-state index in [1.165, 1.54) is 12.0 Å². The van der Waals surface area contributed by atoms with Crippen LogP contribution in [0.15, 0.2) is 34.1 Å². The van der Waals surface area contributed by atoms with Crippen LogP contribution in [-0.2, 0) is 11.3 Å². The van der Waals surface area contributed by atoms with Crippen LogP contribution in [0, 0.1) is 0 Å². The molecule has 21 heavy (non-hydrogen) atoms. The molecule has 0 aliphatic carbocycles. The van der Waals surface area contributed by atoms with E-state index in [1.807, 2.05) is 6.07 Å². The lowest BCUT2D eigenvalue weighted by Gasteiger charge is -2.31. The summed E-state index contributed by atoms with van der Waals surface area (Å²) in [5.41, 5.74) is 0. The van der Waals surface area contributed by atoms with Gasteiger partial charge >= 0.3 is 5.97 Å². The summed E-state index contributed by atoms with van der Waals surface area (Å²) in [5, 5.41) is 2.08. The molecule has 2 heterocycles. The van der Waals surface area contributed by atoms with Gasteiger partial charge in [0.1, 0.15) is 5.76 Å². The SMILES string of the molecule is COC(=O)c1ccc(C(C)N(Cc2cccs2)C(C)C)o1. The summed E-state index contributed by atoms with van der Waals surface area (Å²) in [4.78, 5) is 15.1. The van der Waals surface area contributed by atoms with Crippen molar-refractivity contribution in [3.8, 4) is 0 Å². The standard InChI is InChI=1S/C16H21NO3S/c1-11(2)17(10-13-6-5-9-21-13)12(3)14-7-8-15(20-14)16(18)19-4/h5-9,11-12H,10H2,1-4H3. The summed E-state index contributed by atoms with van der Waals surface area (Å²) in [5.74, 6) is 0.586. The first kappa shape index (κ1) is 15.8.